The van der Waals surface area contributed by atoms with Crippen LogP contribution in [0.15, 0.2) is 77.0 Å². The summed E-state index contributed by atoms with van der Waals surface area (Å²) in [7, 11) is 1.27. The number of esters is 1. The van der Waals surface area contributed by atoms with Crippen molar-refractivity contribution < 1.29 is 33.6 Å². The number of carbonyl (C=O) groups is 2. The number of methoxy groups -OCH3 is 1. The van der Waals surface area contributed by atoms with Crippen LogP contribution in [-0.2, 0) is 16.1 Å². The zero-order valence-corrected chi connectivity index (χ0v) is 25.7. The van der Waals surface area contributed by atoms with Crippen LogP contribution in [0.2, 0.25) is 10.0 Å². The molecule has 1 aliphatic rings. The zero-order chi connectivity index (χ0) is 31.6. The fraction of sp³-hybridized carbons (Fsp3) is 0.258. The molecule has 1 heterocycles. The third-order valence-electron chi connectivity index (χ3n) is 6.38. The average molecular weight is 644 g/mol. The van der Waals surface area contributed by atoms with Crippen molar-refractivity contribution in [1.29, 1.82) is 0 Å². The van der Waals surface area contributed by atoms with Gasteiger partial charge in [-0.3, -0.25) is 5.43 Å². The van der Waals surface area contributed by atoms with Crippen LogP contribution in [0.4, 0.5) is 4.79 Å². The molecule has 2 amide bonds. The van der Waals surface area contributed by atoms with Gasteiger partial charge in [0.25, 0.3) is 0 Å². The van der Waals surface area contributed by atoms with E-state index in [4.69, 9.17) is 42.1 Å². The molecule has 2 atom stereocenters. The first-order chi connectivity index (χ1) is 21.2. The lowest BCUT2D eigenvalue weighted by Crippen LogP contribution is -2.45. The van der Waals surface area contributed by atoms with E-state index in [1.807, 2.05) is 12.1 Å². The number of aliphatic hydroxyl groups is 1. The van der Waals surface area contributed by atoms with E-state index in [1.54, 1.807) is 62.4 Å². The Bertz CT molecular complexity index is 1550. The second-order valence-electron chi connectivity index (χ2n) is 9.51. The lowest BCUT2D eigenvalue weighted by atomic mass is 9.95. The number of urea groups is 1. The Kier molecular flexibility index (Phi) is 11.3. The molecule has 0 spiro atoms. The van der Waals surface area contributed by atoms with Gasteiger partial charge in [-0.25, -0.2) is 9.59 Å². The van der Waals surface area contributed by atoms with Gasteiger partial charge >= 0.3 is 12.0 Å². The van der Waals surface area contributed by atoms with E-state index in [0.29, 0.717) is 57.3 Å². The highest BCUT2D eigenvalue weighted by molar-refractivity contribution is 6.31. The number of hydrogen-bond acceptors (Lipinski definition) is 9. The van der Waals surface area contributed by atoms with Crippen LogP contribution in [0, 0.1) is 0 Å². The number of nitrogens with one attached hydrogen (secondary N) is 3. The number of ether oxygens (including phenoxy) is 4. The minimum atomic E-state index is -1.18. The summed E-state index contributed by atoms with van der Waals surface area (Å²) in [6.07, 6.45) is 0.298. The van der Waals surface area contributed by atoms with Gasteiger partial charge in [0.2, 0.25) is 0 Å². The fourth-order valence-corrected chi connectivity index (χ4v) is 4.61. The summed E-state index contributed by atoms with van der Waals surface area (Å²) in [5.74, 6) is 0.670. The molecule has 3 aromatic carbocycles. The van der Waals surface area contributed by atoms with Crippen LogP contribution in [0.1, 0.15) is 36.6 Å². The number of allylic oxidation sites excluding steroid dienone is 1. The molecular formula is C31H32Cl2N4O7. The first kappa shape index (κ1) is 32.5. The maximum Gasteiger partial charge on any atom is 0.337 e. The first-order valence-electron chi connectivity index (χ1n) is 13.6. The Morgan fingerprint density at radius 2 is 1.75 bits per heavy atom. The number of benzene rings is 3. The number of hydrogen-bond donors (Lipinski definition) is 4. The number of rotatable bonds is 13. The third-order valence-corrected chi connectivity index (χ3v) is 6.87. The van der Waals surface area contributed by atoms with Crippen LogP contribution in [0.25, 0.3) is 0 Å². The van der Waals surface area contributed by atoms with Gasteiger partial charge in [0, 0.05) is 21.3 Å². The lowest BCUT2D eigenvalue weighted by Gasteiger charge is -2.28. The van der Waals surface area contributed by atoms with E-state index in [0.717, 1.165) is 5.56 Å². The predicted molar refractivity (Wildman–Crippen MR) is 166 cm³/mol. The minimum absolute atomic E-state index is 0.178. The standard InChI is InChI=1S/C31H32Cl2N4O7/c1-4-42-26-14-20(29-28(30(39)41-3)18(2)35-31(40)36-29)7-11-25(26)44-17-27(38)37-34-15-21-13-23(33)10-12-24(21)43-16-19-5-8-22(32)9-6-19/h5-15,27,29,37-38H,4,16-17H2,1-3H3,(H2,35,36,40)/b34-15+/t27-,29-/m0/s1. The molecule has 13 heteroatoms. The Labute approximate surface area is 264 Å². The molecule has 4 N–H and O–H groups in total. The molecule has 0 aromatic heterocycles. The first-order valence-corrected chi connectivity index (χ1v) is 14.3. The van der Waals surface area contributed by atoms with Gasteiger partial charge in [-0.15, -0.1) is 0 Å². The van der Waals surface area contributed by atoms with Crippen molar-refractivity contribution in [2.45, 2.75) is 32.7 Å². The fourth-order valence-electron chi connectivity index (χ4n) is 4.31. The summed E-state index contributed by atoms with van der Waals surface area (Å²) < 4.78 is 22.4. The second kappa shape index (κ2) is 15.3. The maximum atomic E-state index is 12.4. The van der Waals surface area contributed by atoms with Gasteiger partial charge in [0.15, 0.2) is 17.7 Å². The predicted octanol–water partition coefficient (Wildman–Crippen LogP) is 5.09. The van der Waals surface area contributed by atoms with Crippen molar-refractivity contribution in [3.8, 4) is 17.2 Å². The van der Waals surface area contributed by atoms with Crippen molar-refractivity contribution in [2.24, 2.45) is 5.10 Å². The molecule has 0 radical (unpaired) electrons. The third kappa shape index (κ3) is 8.56. The molecule has 232 valence electrons. The van der Waals surface area contributed by atoms with Gasteiger partial charge in [-0.1, -0.05) is 41.4 Å². The van der Waals surface area contributed by atoms with Gasteiger partial charge in [-0.2, -0.15) is 5.10 Å². The van der Waals surface area contributed by atoms with E-state index in [9.17, 15) is 14.7 Å². The van der Waals surface area contributed by atoms with E-state index in [2.05, 4.69) is 21.2 Å². The number of halogens is 2. The van der Waals surface area contributed by atoms with Crippen molar-refractivity contribution in [2.75, 3.05) is 20.3 Å². The van der Waals surface area contributed by atoms with Crippen LogP contribution >= 0.6 is 23.2 Å². The summed E-state index contributed by atoms with van der Waals surface area (Å²) >= 11 is 12.1. The number of hydrazone groups is 1. The van der Waals surface area contributed by atoms with E-state index in [1.165, 1.54) is 13.3 Å². The topological polar surface area (TPSA) is 140 Å². The van der Waals surface area contributed by atoms with Gasteiger partial charge in [0.05, 0.1) is 31.5 Å². The normalized spacial score (nSPS) is 15.3. The highest BCUT2D eigenvalue weighted by Gasteiger charge is 2.32. The molecule has 1 aliphatic heterocycles. The monoisotopic (exact) mass is 642 g/mol. The van der Waals surface area contributed by atoms with E-state index in [-0.39, 0.29) is 12.2 Å². The van der Waals surface area contributed by atoms with Crippen molar-refractivity contribution in [3.05, 3.63) is 98.7 Å². The molecule has 0 fully saturated rings. The molecule has 3 aromatic rings. The Balaban J connectivity index is 1.40. The van der Waals surface area contributed by atoms with Crippen LogP contribution < -0.4 is 30.3 Å². The quantitative estimate of drug-likeness (QED) is 0.0875. The molecule has 4 rings (SSSR count). The maximum absolute atomic E-state index is 12.4. The van der Waals surface area contributed by atoms with Crippen LogP contribution in [0.5, 0.6) is 17.2 Å². The molecule has 44 heavy (non-hydrogen) atoms. The lowest BCUT2D eigenvalue weighted by molar-refractivity contribution is -0.136. The summed E-state index contributed by atoms with van der Waals surface area (Å²) in [6.45, 7) is 3.89. The molecule has 0 saturated carbocycles. The van der Waals surface area contributed by atoms with Gasteiger partial charge in [-0.05, 0) is 67.4 Å². The molecule has 0 saturated heterocycles. The number of aliphatic hydroxyl groups excluding tert-OH is 1. The van der Waals surface area contributed by atoms with Gasteiger partial charge < -0.3 is 34.7 Å². The highest BCUT2D eigenvalue weighted by atomic mass is 35.5. The smallest absolute Gasteiger partial charge is 0.337 e. The summed E-state index contributed by atoms with van der Waals surface area (Å²) in [5, 5.41) is 21.0. The molecule has 11 nitrogen and oxygen atoms in total. The molecule has 0 aliphatic carbocycles. The Hall–Kier alpha value is -4.45. The molecular weight excluding hydrogens is 611 g/mol. The second-order valence-corrected chi connectivity index (χ2v) is 10.4. The summed E-state index contributed by atoms with van der Waals surface area (Å²) in [4.78, 5) is 24.6. The number of amides is 2. The summed E-state index contributed by atoms with van der Waals surface area (Å²) in [5.41, 5.74) is 5.38. The largest absolute Gasteiger partial charge is 0.490 e. The molecule has 0 bridgehead atoms. The van der Waals surface area contributed by atoms with Gasteiger partial charge in [0.1, 0.15) is 19.0 Å². The van der Waals surface area contributed by atoms with E-state index < -0.39 is 24.3 Å². The van der Waals surface area contributed by atoms with Crippen LogP contribution in [0.3, 0.4) is 0 Å². The number of nitrogens with zero attached hydrogens (tertiary/aromatic N) is 1. The highest BCUT2D eigenvalue weighted by Crippen LogP contribution is 2.35. The van der Waals surface area contributed by atoms with Crippen molar-refractivity contribution in [1.82, 2.24) is 16.1 Å². The minimum Gasteiger partial charge on any atom is -0.490 e. The summed E-state index contributed by atoms with van der Waals surface area (Å²) in [6, 6.07) is 16.2. The Morgan fingerprint density at radius 3 is 2.48 bits per heavy atom. The average Bonchev–Trinajstić information content (AvgIpc) is 3.00. The van der Waals surface area contributed by atoms with E-state index >= 15 is 0 Å². The Morgan fingerprint density at radius 1 is 1.02 bits per heavy atom. The zero-order valence-electron chi connectivity index (χ0n) is 24.2. The number of carbonyl (C=O) groups excluding carboxylic acids is 2. The molecule has 0 unspecified atom stereocenters. The van der Waals surface area contributed by atoms with Crippen LogP contribution in [-0.4, -0.2) is 49.9 Å². The van der Waals surface area contributed by atoms with Crippen molar-refractivity contribution in [3.63, 3.8) is 0 Å². The van der Waals surface area contributed by atoms with Crippen molar-refractivity contribution >= 4 is 41.4 Å². The SMILES string of the molecule is CCOc1cc([C@@H]2NC(=O)NC(C)=C2C(=O)OC)ccc1OC[C@H](O)N/N=C/c1cc(Cl)ccc1OCc1ccc(Cl)cc1.